The van der Waals surface area contributed by atoms with Gasteiger partial charge in [-0.1, -0.05) is 24.3 Å². The average Bonchev–Trinajstić information content (AvgIpc) is 3.15. The molecule has 0 aliphatic carbocycles. The van der Waals surface area contributed by atoms with Crippen molar-refractivity contribution in [3.8, 4) is 10.6 Å². The van der Waals surface area contributed by atoms with Crippen LogP contribution in [-0.4, -0.2) is 42.0 Å². The van der Waals surface area contributed by atoms with Gasteiger partial charge < -0.3 is 9.80 Å². The minimum atomic E-state index is -4.40. The Kier molecular flexibility index (Phi) is 5.70. The van der Waals surface area contributed by atoms with E-state index < -0.39 is 11.7 Å². The van der Waals surface area contributed by atoms with Gasteiger partial charge in [-0.05, 0) is 31.2 Å². The van der Waals surface area contributed by atoms with Gasteiger partial charge in [0.2, 0.25) is 0 Å². The van der Waals surface area contributed by atoms with Crippen molar-refractivity contribution < 1.29 is 22.4 Å². The first-order valence-corrected chi connectivity index (χ1v) is 10.5. The molecule has 2 aromatic carbocycles. The molecular weight excluding hydrogens is 430 g/mol. The number of piperazine rings is 1. The van der Waals surface area contributed by atoms with E-state index in [2.05, 4.69) is 4.98 Å². The first-order chi connectivity index (χ1) is 14.7. The Morgan fingerprint density at radius 3 is 2.26 bits per heavy atom. The van der Waals surface area contributed by atoms with Gasteiger partial charge in [-0.2, -0.15) is 13.2 Å². The molecule has 1 fully saturated rings. The van der Waals surface area contributed by atoms with Gasteiger partial charge in [0.05, 0.1) is 16.9 Å². The summed E-state index contributed by atoms with van der Waals surface area (Å²) >= 11 is 1.17. The number of thiazole rings is 1. The Hall–Kier alpha value is -2.94. The zero-order chi connectivity index (χ0) is 22.2. The van der Waals surface area contributed by atoms with Crippen molar-refractivity contribution in [2.24, 2.45) is 0 Å². The number of hydrogen-bond acceptors (Lipinski definition) is 4. The number of halogens is 4. The summed E-state index contributed by atoms with van der Waals surface area (Å²) in [6, 6.07) is 11.3. The molecule has 2 heterocycles. The molecule has 1 saturated heterocycles. The van der Waals surface area contributed by atoms with Crippen molar-refractivity contribution in [1.29, 1.82) is 0 Å². The standard InChI is InChI=1S/C22H19F4N3OS/c1-14-19(31-20(27-14)15-6-8-16(9-7-15)22(24,25)26)21(30)29-12-10-28(11-13-29)18-5-3-2-4-17(18)23/h2-9H,10-13H2,1H3. The van der Waals surface area contributed by atoms with Crippen LogP contribution in [0.4, 0.5) is 23.2 Å². The quantitative estimate of drug-likeness (QED) is 0.513. The number of para-hydroxylation sites is 1. The Morgan fingerprint density at radius 2 is 1.65 bits per heavy atom. The van der Waals surface area contributed by atoms with Crippen molar-refractivity contribution in [2.75, 3.05) is 31.1 Å². The van der Waals surface area contributed by atoms with E-state index in [-0.39, 0.29) is 11.7 Å². The molecule has 162 valence electrons. The normalized spacial score (nSPS) is 14.7. The highest BCUT2D eigenvalue weighted by molar-refractivity contribution is 7.17. The van der Waals surface area contributed by atoms with E-state index >= 15 is 0 Å². The van der Waals surface area contributed by atoms with Gasteiger partial charge in [0.25, 0.3) is 5.91 Å². The number of carbonyl (C=O) groups is 1. The van der Waals surface area contributed by atoms with Gasteiger partial charge in [0.15, 0.2) is 0 Å². The highest BCUT2D eigenvalue weighted by Crippen LogP contribution is 2.33. The summed E-state index contributed by atoms with van der Waals surface area (Å²) in [5.74, 6) is -0.455. The fourth-order valence-corrected chi connectivity index (χ4v) is 4.56. The molecule has 4 nitrogen and oxygen atoms in total. The molecule has 1 aliphatic rings. The summed E-state index contributed by atoms with van der Waals surface area (Å²) < 4.78 is 52.3. The molecule has 0 saturated carbocycles. The monoisotopic (exact) mass is 449 g/mol. The van der Waals surface area contributed by atoms with Crippen molar-refractivity contribution in [3.05, 3.63) is 70.5 Å². The van der Waals surface area contributed by atoms with Crippen LogP contribution in [0.15, 0.2) is 48.5 Å². The topological polar surface area (TPSA) is 36.4 Å². The fourth-order valence-electron chi connectivity index (χ4n) is 3.52. The van der Waals surface area contributed by atoms with Gasteiger partial charge in [-0.3, -0.25) is 4.79 Å². The van der Waals surface area contributed by atoms with Gasteiger partial charge in [0.1, 0.15) is 15.7 Å². The molecule has 0 unspecified atom stereocenters. The number of alkyl halides is 3. The first-order valence-electron chi connectivity index (χ1n) is 9.68. The third-order valence-electron chi connectivity index (χ3n) is 5.21. The van der Waals surface area contributed by atoms with Gasteiger partial charge in [0, 0.05) is 31.7 Å². The SMILES string of the molecule is Cc1nc(-c2ccc(C(F)(F)F)cc2)sc1C(=O)N1CCN(c2ccccc2F)CC1. The number of rotatable bonds is 3. The predicted octanol–water partition coefficient (Wildman–Crippen LogP) is 5.24. The van der Waals surface area contributed by atoms with E-state index in [0.717, 1.165) is 12.1 Å². The molecule has 1 aliphatic heterocycles. The van der Waals surface area contributed by atoms with Crippen LogP contribution in [0.1, 0.15) is 20.9 Å². The molecule has 4 rings (SSSR count). The van der Waals surface area contributed by atoms with Crippen molar-refractivity contribution >= 4 is 22.9 Å². The second-order valence-corrected chi connectivity index (χ2v) is 8.24. The van der Waals surface area contributed by atoms with E-state index in [4.69, 9.17) is 0 Å². The Bertz CT molecular complexity index is 1090. The summed E-state index contributed by atoms with van der Waals surface area (Å²) in [6.07, 6.45) is -4.40. The van der Waals surface area contributed by atoms with Crippen LogP contribution < -0.4 is 4.90 Å². The molecule has 0 atom stereocenters. The van der Waals surface area contributed by atoms with Gasteiger partial charge in [-0.15, -0.1) is 11.3 Å². The maximum atomic E-state index is 14.0. The van der Waals surface area contributed by atoms with Crippen molar-refractivity contribution in [2.45, 2.75) is 13.1 Å². The lowest BCUT2D eigenvalue weighted by atomic mass is 10.1. The summed E-state index contributed by atoms with van der Waals surface area (Å²) in [5, 5.41) is 0.500. The average molecular weight is 449 g/mol. The Labute approximate surface area is 180 Å². The summed E-state index contributed by atoms with van der Waals surface area (Å²) in [5.41, 5.74) is 0.868. The minimum absolute atomic E-state index is 0.165. The molecule has 1 aromatic heterocycles. The lowest BCUT2D eigenvalue weighted by molar-refractivity contribution is -0.137. The van der Waals surface area contributed by atoms with Gasteiger partial charge in [-0.25, -0.2) is 9.37 Å². The molecule has 31 heavy (non-hydrogen) atoms. The highest BCUT2D eigenvalue weighted by Gasteiger charge is 2.30. The second kappa shape index (κ2) is 8.30. The Balaban J connectivity index is 1.47. The Morgan fingerprint density at radius 1 is 1.00 bits per heavy atom. The lowest BCUT2D eigenvalue weighted by Crippen LogP contribution is -2.49. The molecule has 0 radical (unpaired) electrons. The van der Waals surface area contributed by atoms with Crippen LogP contribution >= 0.6 is 11.3 Å². The lowest BCUT2D eigenvalue weighted by Gasteiger charge is -2.36. The number of aryl methyl sites for hydroxylation is 1. The fraction of sp³-hybridized carbons (Fsp3) is 0.273. The largest absolute Gasteiger partial charge is 0.416 e. The predicted molar refractivity (Wildman–Crippen MR) is 112 cm³/mol. The minimum Gasteiger partial charge on any atom is -0.366 e. The van der Waals surface area contributed by atoms with E-state index in [1.165, 1.54) is 29.5 Å². The number of nitrogens with zero attached hydrogens (tertiary/aromatic N) is 3. The highest BCUT2D eigenvalue weighted by atomic mass is 32.1. The summed E-state index contributed by atoms with van der Waals surface area (Å²) in [6.45, 7) is 3.62. The molecule has 0 N–H and O–H groups in total. The summed E-state index contributed by atoms with van der Waals surface area (Å²) in [4.78, 5) is 21.5. The van der Waals surface area contributed by atoms with E-state index in [0.29, 0.717) is 53.0 Å². The number of hydrogen-bond donors (Lipinski definition) is 0. The van der Waals surface area contributed by atoms with Crippen molar-refractivity contribution in [1.82, 2.24) is 9.88 Å². The third-order valence-corrected chi connectivity index (χ3v) is 6.40. The van der Waals surface area contributed by atoms with Crippen LogP contribution in [0.2, 0.25) is 0 Å². The van der Waals surface area contributed by atoms with Crippen LogP contribution in [0, 0.1) is 12.7 Å². The molecular formula is C22H19F4N3OS. The number of anilines is 1. The zero-order valence-electron chi connectivity index (χ0n) is 16.6. The van der Waals surface area contributed by atoms with E-state index in [1.54, 1.807) is 30.0 Å². The molecule has 9 heteroatoms. The van der Waals surface area contributed by atoms with Crippen LogP contribution in [0.25, 0.3) is 10.6 Å². The number of aromatic nitrogens is 1. The summed E-state index contributed by atoms with van der Waals surface area (Å²) in [7, 11) is 0. The molecule has 0 bridgehead atoms. The van der Waals surface area contributed by atoms with Gasteiger partial charge >= 0.3 is 6.18 Å². The number of benzene rings is 2. The molecule has 3 aromatic rings. The number of amides is 1. The maximum Gasteiger partial charge on any atom is 0.416 e. The van der Waals surface area contributed by atoms with Crippen molar-refractivity contribution in [3.63, 3.8) is 0 Å². The first kappa shape index (κ1) is 21.3. The smallest absolute Gasteiger partial charge is 0.366 e. The third kappa shape index (κ3) is 4.41. The van der Waals surface area contributed by atoms with Crippen LogP contribution in [-0.2, 0) is 6.18 Å². The van der Waals surface area contributed by atoms with E-state index in [9.17, 15) is 22.4 Å². The maximum absolute atomic E-state index is 14.0. The van der Waals surface area contributed by atoms with Crippen LogP contribution in [0.3, 0.4) is 0 Å². The van der Waals surface area contributed by atoms with E-state index in [1.807, 2.05) is 4.90 Å². The number of carbonyl (C=O) groups excluding carboxylic acids is 1. The molecule has 1 amide bonds. The zero-order valence-corrected chi connectivity index (χ0v) is 17.4. The molecule has 0 spiro atoms. The second-order valence-electron chi connectivity index (χ2n) is 7.24. The van der Waals surface area contributed by atoms with Crippen LogP contribution in [0.5, 0.6) is 0 Å².